The monoisotopic (exact) mass is 320 g/mol. The van der Waals surface area contributed by atoms with Gasteiger partial charge in [0.1, 0.15) is 10.7 Å². The third-order valence-corrected chi connectivity index (χ3v) is 3.98. The summed E-state index contributed by atoms with van der Waals surface area (Å²) >= 11 is 1.44. The number of aliphatic hydroxyl groups is 1. The van der Waals surface area contributed by atoms with Gasteiger partial charge in [-0.1, -0.05) is 0 Å². The Morgan fingerprint density at radius 2 is 2.14 bits per heavy atom. The molecule has 0 aliphatic carbocycles. The summed E-state index contributed by atoms with van der Waals surface area (Å²) in [5.41, 5.74) is 1.42. The van der Waals surface area contributed by atoms with Crippen LogP contribution in [0.4, 0.5) is 0 Å². The van der Waals surface area contributed by atoms with Gasteiger partial charge >= 0.3 is 0 Å². The zero-order valence-electron chi connectivity index (χ0n) is 12.9. The molecule has 6 nitrogen and oxygen atoms in total. The lowest BCUT2D eigenvalue weighted by molar-refractivity contribution is -0.133. The number of nitrogens with zero attached hydrogens (tertiary/aromatic N) is 4. The average Bonchev–Trinajstić information content (AvgIpc) is 2.93. The fourth-order valence-corrected chi connectivity index (χ4v) is 2.84. The SMILES string of the molecule is CC(O)CN(C(=O)Cc1csc(-c2cnccn2)n1)C(C)C. The van der Waals surface area contributed by atoms with Crippen LogP contribution >= 0.6 is 11.3 Å². The molecular weight excluding hydrogens is 300 g/mol. The second-order valence-electron chi connectivity index (χ2n) is 5.40. The molecule has 1 atom stereocenters. The van der Waals surface area contributed by atoms with Crippen molar-refractivity contribution in [2.45, 2.75) is 39.3 Å². The zero-order valence-corrected chi connectivity index (χ0v) is 13.7. The molecular formula is C15H20N4O2S. The summed E-state index contributed by atoms with van der Waals surface area (Å²) in [5, 5.41) is 12.1. The van der Waals surface area contributed by atoms with Crippen LogP contribution in [-0.2, 0) is 11.2 Å². The molecule has 0 spiro atoms. The maximum absolute atomic E-state index is 12.4. The maximum atomic E-state index is 12.4. The molecule has 0 aliphatic rings. The highest BCUT2D eigenvalue weighted by Crippen LogP contribution is 2.21. The largest absolute Gasteiger partial charge is 0.392 e. The molecule has 0 fully saturated rings. The number of aromatic nitrogens is 3. The van der Waals surface area contributed by atoms with Gasteiger partial charge in [-0.05, 0) is 20.8 Å². The molecule has 0 bridgehead atoms. The quantitative estimate of drug-likeness (QED) is 0.877. The molecule has 0 aliphatic heterocycles. The lowest BCUT2D eigenvalue weighted by Crippen LogP contribution is -2.42. The van der Waals surface area contributed by atoms with Crippen LogP contribution in [0.5, 0.6) is 0 Å². The van der Waals surface area contributed by atoms with Crippen molar-refractivity contribution in [3.8, 4) is 10.7 Å². The van der Waals surface area contributed by atoms with E-state index in [9.17, 15) is 9.90 Å². The van der Waals surface area contributed by atoms with Crippen LogP contribution in [0.1, 0.15) is 26.5 Å². The third-order valence-electron chi connectivity index (χ3n) is 3.07. The molecule has 0 radical (unpaired) electrons. The second-order valence-corrected chi connectivity index (χ2v) is 6.26. The van der Waals surface area contributed by atoms with Gasteiger partial charge in [0.25, 0.3) is 0 Å². The van der Waals surface area contributed by atoms with Crippen molar-refractivity contribution >= 4 is 17.2 Å². The van der Waals surface area contributed by atoms with Crippen molar-refractivity contribution in [3.05, 3.63) is 29.7 Å². The minimum atomic E-state index is -0.545. The molecule has 1 unspecified atom stereocenters. The Bertz CT molecular complexity index is 613. The first-order chi connectivity index (χ1) is 10.5. The molecule has 2 heterocycles. The molecule has 2 rings (SSSR count). The van der Waals surface area contributed by atoms with Gasteiger partial charge in [0.05, 0.1) is 24.4 Å². The average molecular weight is 320 g/mol. The first-order valence-corrected chi connectivity index (χ1v) is 8.03. The van der Waals surface area contributed by atoms with Gasteiger partial charge in [-0.25, -0.2) is 4.98 Å². The van der Waals surface area contributed by atoms with Crippen LogP contribution in [0.2, 0.25) is 0 Å². The highest BCUT2D eigenvalue weighted by Gasteiger charge is 2.20. The predicted molar refractivity (Wildman–Crippen MR) is 85.4 cm³/mol. The lowest BCUT2D eigenvalue weighted by Gasteiger charge is -2.27. The van der Waals surface area contributed by atoms with Crippen LogP contribution < -0.4 is 0 Å². The van der Waals surface area contributed by atoms with Crippen LogP contribution in [0.15, 0.2) is 24.0 Å². The number of hydrogen-bond donors (Lipinski definition) is 1. The van der Waals surface area contributed by atoms with Crippen LogP contribution in [0, 0.1) is 0 Å². The summed E-state index contributed by atoms with van der Waals surface area (Å²) in [4.78, 5) is 26.7. The Labute approximate surface area is 133 Å². The van der Waals surface area contributed by atoms with Crippen molar-refractivity contribution in [3.63, 3.8) is 0 Å². The molecule has 1 amide bonds. The summed E-state index contributed by atoms with van der Waals surface area (Å²) < 4.78 is 0. The molecule has 22 heavy (non-hydrogen) atoms. The van der Waals surface area contributed by atoms with Crippen molar-refractivity contribution in [2.24, 2.45) is 0 Å². The first kappa shape index (κ1) is 16.5. The number of thiazole rings is 1. The zero-order chi connectivity index (χ0) is 16.1. The Morgan fingerprint density at radius 1 is 1.36 bits per heavy atom. The number of rotatable bonds is 6. The van der Waals surface area contributed by atoms with E-state index in [2.05, 4.69) is 15.0 Å². The Balaban J connectivity index is 2.07. The number of aliphatic hydroxyl groups excluding tert-OH is 1. The van der Waals surface area contributed by atoms with E-state index in [1.54, 1.807) is 30.4 Å². The molecule has 0 aromatic carbocycles. The number of carbonyl (C=O) groups excluding carboxylic acids is 1. The minimum absolute atomic E-state index is 0.0353. The summed E-state index contributed by atoms with van der Waals surface area (Å²) in [7, 11) is 0. The normalized spacial score (nSPS) is 12.4. The van der Waals surface area contributed by atoms with Gasteiger partial charge in [0, 0.05) is 30.4 Å². The summed E-state index contributed by atoms with van der Waals surface area (Å²) in [6, 6.07) is 0.0418. The molecule has 7 heteroatoms. The van der Waals surface area contributed by atoms with E-state index in [0.717, 1.165) is 5.01 Å². The topological polar surface area (TPSA) is 79.2 Å². The van der Waals surface area contributed by atoms with Gasteiger partial charge < -0.3 is 10.0 Å². The predicted octanol–water partition coefficient (Wildman–Crippen LogP) is 1.76. The molecule has 0 saturated carbocycles. The van der Waals surface area contributed by atoms with Crippen LogP contribution in [-0.4, -0.2) is 49.6 Å². The highest BCUT2D eigenvalue weighted by molar-refractivity contribution is 7.13. The van der Waals surface area contributed by atoms with Crippen molar-refractivity contribution in [2.75, 3.05) is 6.54 Å². The van der Waals surface area contributed by atoms with E-state index < -0.39 is 6.10 Å². The third kappa shape index (κ3) is 4.32. The fraction of sp³-hybridized carbons (Fsp3) is 0.467. The van der Waals surface area contributed by atoms with E-state index >= 15 is 0 Å². The van der Waals surface area contributed by atoms with Crippen LogP contribution in [0.3, 0.4) is 0 Å². The molecule has 1 N–H and O–H groups in total. The van der Waals surface area contributed by atoms with Crippen molar-refractivity contribution in [1.82, 2.24) is 19.9 Å². The van der Waals surface area contributed by atoms with Gasteiger partial charge in [0.15, 0.2) is 0 Å². The van der Waals surface area contributed by atoms with Crippen LogP contribution in [0.25, 0.3) is 10.7 Å². The van der Waals surface area contributed by atoms with E-state index in [-0.39, 0.29) is 18.4 Å². The van der Waals surface area contributed by atoms with Gasteiger partial charge in [-0.15, -0.1) is 11.3 Å². The van der Waals surface area contributed by atoms with E-state index in [1.807, 2.05) is 19.2 Å². The van der Waals surface area contributed by atoms with Gasteiger partial charge in [0.2, 0.25) is 5.91 Å². The van der Waals surface area contributed by atoms with E-state index in [4.69, 9.17) is 0 Å². The second kappa shape index (κ2) is 7.42. The Kier molecular flexibility index (Phi) is 5.57. The van der Waals surface area contributed by atoms with Gasteiger partial charge in [-0.3, -0.25) is 14.8 Å². The molecule has 118 valence electrons. The van der Waals surface area contributed by atoms with Gasteiger partial charge in [-0.2, -0.15) is 0 Å². The first-order valence-electron chi connectivity index (χ1n) is 7.15. The molecule has 2 aromatic heterocycles. The van der Waals surface area contributed by atoms with E-state index in [0.29, 0.717) is 17.9 Å². The Hall–Kier alpha value is -1.86. The summed E-state index contributed by atoms with van der Waals surface area (Å²) in [6.45, 7) is 5.88. The lowest BCUT2D eigenvalue weighted by atomic mass is 10.2. The number of carbonyl (C=O) groups is 1. The maximum Gasteiger partial charge on any atom is 0.228 e. The molecule has 0 saturated heterocycles. The fourth-order valence-electron chi connectivity index (χ4n) is 2.06. The highest BCUT2D eigenvalue weighted by atomic mass is 32.1. The van der Waals surface area contributed by atoms with Crippen molar-refractivity contribution in [1.29, 1.82) is 0 Å². The van der Waals surface area contributed by atoms with Crippen molar-refractivity contribution < 1.29 is 9.90 Å². The Morgan fingerprint density at radius 3 is 2.73 bits per heavy atom. The standard InChI is InChI=1S/C15H20N4O2S/c1-10(2)19(8-11(3)20)14(21)6-12-9-22-15(18-12)13-7-16-4-5-17-13/h4-5,7,9-11,20H,6,8H2,1-3H3. The molecule has 2 aromatic rings. The summed E-state index contributed by atoms with van der Waals surface area (Å²) in [6.07, 6.45) is 4.56. The number of amides is 1. The summed E-state index contributed by atoms with van der Waals surface area (Å²) in [5.74, 6) is -0.0353. The smallest absolute Gasteiger partial charge is 0.228 e. The number of hydrogen-bond acceptors (Lipinski definition) is 6. The van der Waals surface area contributed by atoms with E-state index in [1.165, 1.54) is 11.3 Å². The minimum Gasteiger partial charge on any atom is -0.392 e.